The summed E-state index contributed by atoms with van der Waals surface area (Å²) in [4.78, 5) is 22.5. The van der Waals surface area contributed by atoms with Crippen molar-refractivity contribution in [1.82, 2.24) is 15.0 Å². The number of hydrogen-bond acceptors (Lipinski definition) is 7. The Balaban J connectivity index is 2.93. The van der Waals surface area contributed by atoms with Crippen molar-refractivity contribution in [1.29, 1.82) is 0 Å². The van der Waals surface area contributed by atoms with Crippen molar-refractivity contribution in [2.75, 3.05) is 13.2 Å². The fourth-order valence-electron chi connectivity index (χ4n) is 0.894. The lowest BCUT2D eigenvalue weighted by Gasteiger charge is -2.06. The maximum Gasteiger partial charge on any atom is 0.337 e. The van der Waals surface area contributed by atoms with Gasteiger partial charge in [-0.05, 0) is 0 Å². The molecule has 7 nitrogen and oxygen atoms in total. The molecule has 19 heavy (non-hydrogen) atoms. The third kappa shape index (κ3) is 4.99. The van der Waals surface area contributed by atoms with Crippen molar-refractivity contribution < 1.29 is 19.0 Å². The van der Waals surface area contributed by atoms with E-state index in [4.69, 9.17) is 14.2 Å². The van der Waals surface area contributed by atoms with Crippen LogP contribution in [0.5, 0.6) is 18.0 Å². The smallest absolute Gasteiger partial charge is 0.337 e. The lowest BCUT2D eigenvalue weighted by atomic mass is 10.7. The zero-order valence-electron chi connectivity index (χ0n) is 10.2. The van der Waals surface area contributed by atoms with Crippen molar-refractivity contribution in [2.45, 2.75) is 0 Å². The van der Waals surface area contributed by atoms with Crippen molar-refractivity contribution in [2.24, 2.45) is 0 Å². The van der Waals surface area contributed by atoms with Crippen LogP contribution in [0.3, 0.4) is 0 Å². The second-order valence-corrected chi connectivity index (χ2v) is 3.01. The second-order valence-electron chi connectivity index (χ2n) is 3.01. The van der Waals surface area contributed by atoms with Gasteiger partial charge in [-0.1, -0.05) is 31.9 Å². The quantitative estimate of drug-likeness (QED) is 0.394. The summed E-state index contributed by atoms with van der Waals surface area (Å²) in [6.45, 7) is 10.6. The average molecular weight is 263 g/mol. The first-order chi connectivity index (χ1) is 9.19. The molecule has 0 aliphatic rings. The molecular weight excluding hydrogens is 250 g/mol. The zero-order valence-corrected chi connectivity index (χ0v) is 10.2. The summed E-state index contributed by atoms with van der Waals surface area (Å²) in [6, 6.07) is -0.320. The van der Waals surface area contributed by atoms with E-state index in [1.807, 2.05) is 0 Å². The van der Waals surface area contributed by atoms with Gasteiger partial charge in [0.15, 0.2) is 0 Å². The van der Waals surface area contributed by atoms with E-state index in [0.29, 0.717) is 0 Å². The Kier molecular flexibility index (Phi) is 5.74. The maximum absolute atomic E-state index is 11.1. The molecule has 0 aliphatic heterocycles. The monoisotopic (exact) mass is 263 g/mol. The molecule has 0 spiro atoms. The van der Waals surface area contributed by atoms with E-state index >= 15 is 0 Å². The van der Waals surface area contributed by atoms with Gasteiger partial charge < -0.3 is 14.2 Å². The molecule has 100 valence electrons. The number of ether oxygens (including phenoxy) is 3. The van der Waals surface area contributed by atoms with E-state index in [2.05, 4.69) is 34.7 Å². The number of esters is 1. The van der Waals surface area contributed by atoms with Crippen LogP contribution in [0.4, 0.5) is 0 Å². The standard InChI is InChI=1S/C12H13N3O4/c1-4-7-17-10-13-11(18-8-5-2)15-12(14-10)19-9(16)6-3/h4-6H,1-3,7-8H2. The molecule has 1 aromatic rings. The largest absolute Gasteiger partial charge is 0.459 e. The number of nitrogens with zero attached hydrogens (tertiary/aromatic N) is 3. The van der Waals surface area contributed by atoms with Gasteiger partial charge in [0.1, 0.15) is 13.2 Å². The van der Waals surface area contributed by atoms with Gasteiger partial charge in [-0.25, -0.2) is 4.79 Å². The Labute approximate surface area is 110 Å². The Hall–Kier alpha value is -2.70. The Morgan fingerprint density at radius 3 is 1.84 bits per heavy atom. The van der Waals surface area contributed by atoms with Crippen molar-refractivity contribution in [3.63, 3.8) is 0 Å². The number of rotatable bonds is 8. The number of hydrogen-bond donors (Lipinski definition) is 0. The maximum atomic E-state index is 11.1. The Bertz CT molecular complexity index is 458. The highest BCUT2D eigenvalue weighted by molar-refractivity contribution is 5.82. The normalized spacial score (nSPS) is 9.26. The first kappa shape index (κ1) is 14.4. The van der Waals surface area contributed by atoms with Crippen LogP contribution in [0, 0.1) is 0 Å². The Morgan fingerprint density at radius 1 is 0.947 bits per heavy atom. The fourth-order valence-corrected chi connectivity index (χ4v) is 0.894. The van der Waals surface area contributed by atoms with Gasteiger partial charge in [0.25, 0.3) is 0 Å². The van der Waals surface area contributed by atoms with Gasteiger partial charge in [-0.15, -0.1) is 15.0 Å². The van der Waals surface area contributed by atoms with Crippen LogP contribution in [0.2, 0.25) is 0 Å². The molecule has 0 bridgehead atoms. The van der Waals surface area contributed by atoms with E-state index in [1.165, 1.54) is 12.2 Å². The molecule has 0 unspecified atom stereocenters. The SMILES string of the molecule is C=CCOc1nc(OCC=C)nc(OC(=O)C=C)n1. The third-order valence-electron chi connectivity index (χ3n) is 1.59. The molecule has 0 saturated carbocycles. The lowest BCUT2D eigenvalue weighted by molar-refractivity contribution is -0.129. The van der Waals surface area contributed by atoms with Gasteiger partial charge in [-0.2, -0.15) is 0 Å². The summed E-state index contributed by atoms with van der Waals surface area (Å²) in [5.74, 6) is -0.699. The first-order valence-electron chi connectivity index (χ1n) is 5.27. The zero-order chi connectivity index (χ0) is 14.1. The topological polar surface area (TPSA) is 83.4 Å². The molecule has 0 fully saturated rings. The van der Waals surface area contributed by atoms with E-state index < -0.39 is 5.97 Å². The van der Waals surface area contributed by atoms with Crippen LogP contribution < -0.4 is 14.2 Å². The van der Waals surface area contributed by atoms with Gasteiger partial charge >= 0.3 is 24.0 Å². The highest BCUT2D eigenvalue weighted by atomic mass is 16.6. The predicted octanol–water partition coefficient (Wildman–Crippen LogP) is 1.09. The molecule has 0 radical (unpaired) electrons. The minimum absolute atomic E-state index is 0.0409. The predicted molar refractivity (Wildman–Crippen MR) is 67.0 cm³/mol. The van der Waals surface area contributed by atoms with E-state index in [9.17, 15) is 4.79 Å². The third-order valence-corrected chi connectivity index (χ3v) is 1.59. The summed E-state index contributed by atoms with van der Waals surface area (Å²) in [6.07, 6.45) is 4.02. The second kappa shape index (κ2) is 7.59. The van der Waals surface area contributed by atoms with Crippen LogP contribution >= 0.6 is 0 Å². The van der Waals surface area contributed by atoms with E-state index in [0.717, 1.165) is 6.08 Å². The highest BCUT2D eigenvalue weighted by Gasteiger charge is 2.11. The summed E-state index contributed by atoms with van der Waals surface area (Å²) in [5.41, 5.74) is 0. The van der Waals surface area contributed by atoms with Crippen molar-refractivity contribution in [3.05, 3.63) is 38.0 Å². The van der Waals surface area contributed by atoms with Crippen molar-refractivity contribution in [3.8, 4) is 18.0 Å². The molecular formula is C12H13N3O4. The first-order valence-corrected chi connectivity index (χ1v) is 5.27. The molecule has 1 aromatic heterocycles. The highest BCUT2D eigenvalue weighted by Crippen LogP contribution is 2.14. The molecule has 0 N–H and O–H groups in total. The molecule has 1 rings (SSSR count). The molecule has 0 aromatic carbocycles. The molecule has 0 amide bonds. The van der Waals surface area contributed by atoms with E-state index in [1.54, 1.807) is 0 Å². The van der Waals surface area contributed by atoms with E-state index in [-0.39, 0.29) is 31.2 Å². The summed E-state index contributed by atoms with van der Waals surface area (Å²) >= 11 is 0. The van der Waals surface area contributed by atoms with Gasteiger partial charge in [0.05, 0.1) is 0 Å². The summed E-state index contributed by atoms with van der Waals surface area (Å²) in [7, 11) is 0. The molecule has 1 heterocycles. The van der Waals surface area contributed by atoms with Crippen LogP contribution in [0.1, 0.15) is 0 Å². The molecule has 0 saturated heterocycles. The van der Waals surface area contributed by atoms with Crippen LogP contribution in [0.15, 0.2) is 38.0 Å². The van der Waals surface area contributed by atoms with Gasteiger partial charge in [0.2, 0.25) is 0 Å². The van der Waals surface area contributed by atoms with Gasteiger partial charge in [0, 0.05) is 6.08 Å². The molecule has 0 atom stereocenters. The van der Waals surface area contributed by atoms with Crippen molar-refractivity contribution >= 4 is 5.97 Å². The van der Waals surface area contributed by atoms with Gasteiger partial charge in [-0.3, -0.25) is 0 Å². The molecule has 7 heteroatoms. The van der Waals surface area contributed by atoms with Crippen LogP contribution in [0.25, 0.3) is 0 Å². The lowest BCUT2D eigenvalue weighted by Crippen LogP contribution is -2.10. The minimum Gasteiger partial charge on any atom is -0.459 e. The van der Waals surface area contributed by atoms with Crippen LogP contribution in [-0.2, 0) is 4.79 Å². The molecule has 0 aliphatic carbocycles. The number of carbonyl (C=O) groups excluding carboxylic acids is 1. The fraction of sp³-hybridized carbons (Fsp3) is 0.167. The minimum atomic E-state index is -0.699. The average Bonchev–Trinajstić information content (AvgIpc) is 2.42. The summed E-state index contributed by atoms with van der Waals surface area (Å²) in [5, 5.41) is 0. The van der Waals surface area contributed by atoms with Crippen LogP contribution in [-0.4, -0.2) is 34.1 Å². The number of aromatic nitrogens is 3. The Morgan fingerprint density at radius 2 is 1.42 bits per heavy atom. The number of carbonyl (C=O) groups is 1. The summed E-state index contributed by atoms with van der Waals surface area (Å²) < 4.78 is 15.0.